The predicted molar refractivity (Wildman–Crippen MR) is 61.5 cm³/mol. The van der Waals surface area contributed by atoms with Crippen LogP contribution in [-0.4, -0.2) is 13.0 Å². The van der Waals surface area contributed by atoms with E-state index in [0.29, 0.717) is 5.69 Å². The van der Waals surface area contributed by atoms with Crippen LogP contribution in [0.2, 0.25) is 0 Å². The Morgan fingerprint density at radius 3 is 2.79 bits per heavy atom. The first-order chi connectivity index (χ1) is 8.31. The average Bonchev–Trinajstić information content (AvgIpc) is 2.27. The van der Waals surface area contributed by atoms with Crippen molar-refractivity contribution in [2.24, 2.45) is 5.73 Å². The maximum absolute atomic E-state index is 7.65. The lowest BCUT2D eigenvalue weighted by atomic mass is 10.1. The van der Waals surface area contributed by atoms with Crippen molar-refractivity contribution in [3.8, 4) is 0 Å². The minimum Gasteiger partial charge on any atom is -0.383 e. The molecule has 0 aliphatic heterocycles. The van der Waals surface area contributed by atoms with Crippen molar-refractivity contribution in [2.45, 2.75) is 0 Å². The highest BCUT2D eigenvalue weighted by Gasteiger charge is 1.97. The molecule has 0 aliphatic carbocycles. The molecular formula is C12H14N2. The summed E-state index contributed by atoms with van der Waals surface area (Å²) in [6.07, 6.45) is 0. The summed E-state index contributed by atoms with van der Waals surface area (Å²) in [5.41, 5.74) is 5.72. The lowest BCUT2D eigenvalue weighted by molar-refractivity contribution is 1.03. The minimum atomic E-state index is -2.47. The number of hydrogen-bond donors (Lipinski definition) is 2. The third-order valence-corrected chi connectivity index (χ3v) is 2.06. The third-order valence-electron chi connectivity index (χ3n) is 2.06. The first-order valence-electron chi connectivity index (χ1n) is 6.36. The summed E-state index contributed by atoms with van der Waals surface area (Å²) in [5, 5.41) is 4.32. The molecule has 0 bridgehead atoms. The molecule has 0 unspecified atom stereocenters. The smallest absolute Gasteiger partial charge is 0.0503 e. The molecule has 2 aromatic rings. The molecule has 3 N–H and O–H groups in total. The van der Waals surface area contributed by atoms with Crippen molar-refractivity contribution in [1.82, 2.24) is 0 Å². The van der Waals surface area contributed by atoms with Gasteiger partial charge >= 0.3 is 0 Å². The zero-order valence-electron chi connectivity index (χ0n) is 11.6. The predicted octanol–water partition coefficient (Wildman–Crippen LogP) is 2.21. The van der Waals surface area contributed by atoms with Crippen LogP contribution in [0.25, 0.3) is 10.8 Å². The van der Waals surface area contributed by atoms with Gasteiger partial charge in [0.15, 0.2) is 0 Å². The van der Waals surface area contributed by atoms with Gasteiger partial charge in [-0.25, -0.2) is 0 Å². The van der Waals surface area contributed by atoms with E-state index in [9.17, 15) is 0 Å². The summed E-state index contributed by atoms with van der Waals surface area (Å²) in [6.45, 7) is -4.82. The molecule has 14 heavy (non-hydrogen) atoms. The zero-order valence-corrected chi connectivity index (χ0v) is 7.62. The highest BCUT2D eigenvalue weighted by atomic mass is 14.9. The SMILES string of the molecule is [2H]C([2H])(N)C([2H])([2H])Nc1cccc2ccccc12. The van der Waals surface area contributed by atoms with Crippen molar-refractivity contribution in [3.05, 3.63) is 42.5 Å². The standard InChI is InChI=1S/C12H14N2/c13-8-9-14-12-7-3-5-10-4-1-2-6-11(10)12/h1-7,14H,8-9,13H2/i8D2,9D2. The van der Waals surface area contributed by atoms with Crippen LogP contribution >= 0.6 is 0 Å². The molecule has 0 saturated carbocycles. The number of benzene rings is 2. The van der Waals surface area contributed by atoms with Gasteiger partial charge in [0.05, 0.1) is 2.74 Å². The second kappa shape index (κ2) is 4.11. The fourth-order valence-electron chi connectivity index (χ4n) is 1.44. The van der Waals surface area contributed by atoms with Gasteiger partial charge in [-0.3, -0.25) is 0 Å². The number of rotatable bonds is 3. The van der Waals surface area contributed by atoms with E-state index in [4.69, 9.17) is 11.2 Å². The molecule has 2 heteroatoms. The second-order valence-electron chi connectivity index (χ2n) is 2.92. The summed E-state index contributed by atoms with van der Waals surface area (Å²) in [7, 11) is 0. The zero-order chi connectivity index (χ0) is 13.4. The van der Waals surface area contributed by atoms with E-state index in [0.717, 1.165) is 10.8 Å². The topological polar surface area (TPSA) is 38.0 Å². The molecule has 0 fully saturated rings. The van der Waals surface area contributed by atoms with Gasteiger partial charge in [0.2, 0.25) is 0 Å². The van der Waals surface area contributed by atoms with Crippen molar-refractivity contribution in [3.63, 3.8) is 0 Å². The molecule has 0 atom stereocenters. The van der Waals surface area contributed by atoms with E-state index in [1.165, 1.54) is 0 Å². The van der Waals surface area contributed by atoms with E-state index in [1.807, 2.05) is 30.3 Å². The summed E-state index contributed by atoms with van der Waals surface area (Å²) >= 11 is 0. The average molecular weight is 190 g/mol. The molecule has 72 valence electrons. The molecule has 0 aromatic heterocycles. The molecule has 2 nitrogen and oxygen atoms in total. The molecule has 2 rings (SSSR count). The molecule has 0 spiro atoms. The Hall–Kier alpha value is -1.54. The highest BCUT2D eigenvalue weighted by molar-refractivity contribution is 5.93. The van der Waals surface area contributed by atoms with E-state index in [-0.39, 0.29) is 0 Å². The monoisotopic (exact) mass is 190 g/mol. The van der Waals surface area contributed by atoms with Gasteiger partial charge in [-0.1, -0.05) is 36.4 Å². The Labute approximate surface area is 89.4 Å². The largest absolute Gasteiger partial charge is 0.383 e. The molecule has 0 aliphatic rings. The van der Waals surface area contributed by atoms with Crippen LogP contribution in [0.3, 0.4) is 0 Å². The van der Waals surface area contributed by atoms with E-state index < -0.39 is 13.0 Å². The third kappa shape index (κ3) is 1.70. The Kier molecular flexibility index (Phi) is 1.58. The Balaban J connectivity index is 2.44. The highest BCUT2D eigenvalue weighted by Crippen LogP contribution is 2.22. The van der Waals surface area contributed by atoms with Crippen molar-refractivity contribution in [1.29, 1.82) is 0 Å². The fraction of sp³-hybridized carbons (Fsp3) is 0.167. The van der Waals surface area contributed by atoms with Crippen LogP contribution in [0.4, 0.5) is 5.69 Å². The van der Waals surface area contributed by atoms with Crippen LogP contribution in [0.1, 0.15) is 5.48 Å². The van der Waals surface area contributed by atoms with Crippen LogP contribution < -0.4 is 11.1 Å². The van der Waals surface area contributed by atoms with Crippen LogP contribution in [0, 0.1) is 0 Å². The second-order valence-corrected chi connectivity index (χ2v) is 2.92. The molecule has 0 amide bonds. The molecule has 2 aromatic carbocycles. The van der Waals surface area contributed by atoms with E-state index in [1.54, 1.807) is 12.1 Å². The van der Waals surface area contributed by atoms with Gasteiger partial charge in [0.1, 0.15) is 0 Å². The number of anilines is 1. The Morgan fingerprint density at radius 1 is 1.14 bits per heavy atom. The maximum Gasteiger partial charge on any atom is 0.0503 e. The van der Waals surface area contributed by atoms with Crippen LogP contribution in [0.15, 0.2) is 42.5 Å². The Morgan fingerprint density at radius 2 is 1.93 bits per heavy atom. The quantitative estimate of drug-likeness (QED) is 0.778. The number of fused-ring (bicyclic) bond motifs is 1. The summed E-state index contributed by atoms with van der Waals surface area (Å²) < 4.78 is 29.9. The van der Waals surface area contributed by atoms with E-state index in [2.05, 4.69) is 5.32 Å². The summed E-state index contributed by atoms with van der Waals surface area (Å²) in [5.74, 6) is 0. The molecule has 0 saturated heterocycles. The van der Waals surface area contributed by atoms with Gasteiger partial charge < -0.3 is 11.1 Å². The maximum atomic E-state index is 7.65. The van der Waals surface area contributed by atoms with Gasteiger partial charge in [0.25, 0.3) is 0 Å². The van der Waals surface area contributed by atoms with Crippen molar-refractivity contribution >= 4 is 16.5 Å². The first kappa shape index (κ1) is 5.37. The van der Waals surface area contributed by atoms with Gasteiger partial charge in [0, 0.05) is 26.8 Å². The number of nitrogens with one attached hydrogen (secondary N) is 1. The molecule has 0 radical (unpaired) electrons. The minimum absolute atomic E-state index is 0.521. The van der Waals surface area contributed by atoms with Crippen molar-refractivity contribution < 1.29 is 5.48 Å². The number of nitrogens with two attached hydrogens (primary N) is 1. The lowest BCUT2D eigenvalue weighted by Crippen LogP contribution is -2.13. The first-order valence-corrected chi connectivity index (χ1v) is 4.36. The number of hydrogen-bond acceptors (Lipinski definition) is 2. The molecule has 0 heterocycles. The van der Waals surface area contributed by atoms with E-state index >= 15 is 0 Å². The van der Waals surface area contributed by atoms with Crippen molar-refractivity contribution in [2.75, 3.05) is 18.3 Å². The normalized spacial score (nSPS) is 16.6. The summed E-state index contributed by atoms with van der Waals surface area (Å²) in [4.78, 5) is 0. The van der Waals surface area contributed by atoms with Gasteiger partial charge in [-0.05, 0) is 11.5 Å². The van der Waals surface area contributed by atoms with Crippen LogP contribution in [-0.2, 0) is 0 Å². The lowest BCUT2D eigenvalue weighted by Gasteiger charge is -2.08. The van der Waals surface area contributed by atoms with Gasteiger partial charge in [-0.15, -0.1) is 0 Å². The van der Waals surface area contributed by atoms with Gasteiger partial charge in [-0.2, -0.15) is 0 Å². The Bertz CT molecular complexity index is 558. The fourth-order valence-corrected chi connectivity index (χ4v) is 1.44. The van der Waals surface area contributed by atoms with Crippen LogP contribution in [0.5, 0.6) is 0 Å². The summed E-state index contributed by atoms with van der Waals surface area (Å²) in [6, 6.07) is 12.9. The molecular weight excluding hydrogens is 172 g/mol.